The zero-order valence-electron chi connectivity index (χ0n) is 18.5. The van der Waals surface area contributed by atoms with Gasteiger partial charge >= 0.3 is 0 Å². The quantitative estimate of drug-likeness (QED) is 0.430. The van der Waals surface area contributed by atoms with Crippen molar-refractivity contribution >= 4 is 12.0 Å². The van der Waals surface area contributed by atoms with Crippen LogP contribution in [-0.2, 0) is 17.9 Å². The monoisotopic (exact) mass is 400 g/mol. The number of carbonyl (C=O) groups excluding carboxylic acids is 1. The Morgan fingerprint density at radius 1 is 1.00 bits per heavy atom. The number of carbonyl (C=O) groups is 1. The van der Waals surface area contributed by atoms with Crippen molar-refractivity contribution < 1.29 is 4.79 Å². The first-order valence-corrected chi connectivity index (χ1v) is 10.7. The molecule has 0 aliphatic heterocycles. The molecule has 30 heavy (non-hydrogen) atoms. The van der Waals surface area contributed by atoms with Gasteiger partial charge in [0.15, 0.2) is 0 Å². The molecule has 0 N–H and O–H groups in total. The van der Waals surface area contributed by atoms with E-state index in [1.165, 1.54) is 11.1 Å². The van der Waals surface area contributed by atoms with Crippen LogP contribution in [0.4, 0.5) is 0 Å². The number of nitrogens with zero attached hydrogens (tertiary/aromatic N) is 2. The molecule has 3 heteroatoms. The zero-order valence-corrected chi connectivity index (χ0v) is 18.5. The molecule has 3 aromatic rings. The molecule has 0 radical (unpaired) electrons. The van der Waals surface area contributed by atoms with Gasteiger partial charge in [0.1, 0.15) is 0 Å². The van der Waals surface area contributed by atoms with Gasteiger partial charge in [-0.25, -0.2) is 0 Å². The number of aromatic nitrogens is 1. The average Bonchev–Trinajstić information content (AvgIpc) is 3.17. The molecule has 3 nitrogen and oxygen atoms in total. The van der Waals surface area contributed by atoms with E-state index in [0.29, 0.717) is 12.5 Å². The lowest BCUT2D eigenvalue weighted by molar-refractivity contribution is -0.129. The van der Waals surface area contributed by atoms with Crippen LogP contribution in [0.1, 0.15) is 43.2 Å². The summed E-state index contributed by atoms with van der Waals surface area (Å²) in [6.45, 7) is 9.98. The predicted octanol–water partition coefficient (Wildman–Crippen LogP) is 5.93. The normalized spacial score (nSPS) is 12.4. The SMILES string of the molecule is Cc1cccc(Cn2cccc2CN(C(=O)/C=C/c2ccccc2)[C@H](C)C(C)C)c1. The molecule has 0 spiro atoms. The highest BCUT2D eigenvalue weighted by Crippen LogP contribution is 2.18. The molecule has 3 rings (SSSR count). The fourth-order valence-electron chi connectivity index (χ4n) is 3.54. The molecule has 1 heterocycles. The van der Waals surface area contributed by atoms with Crippen LogP contribution in [0.5, 0.6) is 0 Å². The van der Waals surface area contributed by atoms with Crippen LogP contribution in [-0.4, -0.2) is 21.4 Å². The Labute approximate surface area is 180 Å². The van der Waals surface area contributed by atoms with E-state index in [1.54, 1.807) is 6.08 Å². The molecular formula is C27H32N2O. The molecule has 0 saturated carbocycles. The number of hydrogen-bond acceptors (Lipinski definition) is 1. The number of rotatable bonds is 8. The summed E-state index contributed by atoms with van der Waals surface area (Å²) in [4.78, 5) is 15.1. The summed E-state index contributed by atoms with van der Waals surface area (Å²) < 4.78 is 2.24. The number of hydrogen-bond donors (Lipinski definition) is 0. The van der Waals surface area contributed by atoms with Crippen molar-refractivity contribution in [3.8, 4) is 0 Å². The van der Waals surface area contributed by atoms with Gasteiger partial charge in [-0.05, 0) is 49.1 Å². The second-order valence-electron chi connectivity index (χ2n) is 8.31. The summed E-state index contributed by atoms with van der Waals surface area (Å²) >= 11 is 0. The lowest BCUT2D eigenvalue weighted by Gasteiger charge is -2.31. The molecule has 1 atom stereocenters. The minimum Gasteiger partial charge on any atom is -0.345 e. The summed E-state index contributed by atoms with van der Waals surface area (Å²) in [6.07, 6.45) is 5.69. The molecule has 0 bridgehead atoms. The van der Waals surface area contributed by atoms with Crippen LogP contribution in [0.2, 0.25) is 0 Å². The second kappa shape index (κ2) is 10.1. The second-order valence-corrected chi connectivity index (χ2v) is 8.31. The highest BCUT2D eigenvalue weighted by atomic mass is 16.2. The highest BCUT2D eigenvalue weighted by Gasteiger charge is 2.22. The summed E-state index contributed by atoms with van der Waals surface area (Å²) in [5.41, 5.74) is 4.71. The maximum atomic E-state index is 13.1. The van der Waals surface area contributed by atoms with Gasteiger partial charge in [0.25, 0.3) is 0 Å². The Kier molecular flexibility index (Phi) is 7.29. The van der Waals surface area contributed by atoms with E-state index in [0.717, 1.165) is 17.8 Å². The summed E-state index contributed by atoms with van der Waals surface area (Å²) in [7, 11) is 0. The van der Waals surface area contributed by atoms with Gasteiger partial charge in [0.2, 0.25) is 5.91 Å². The summed E-state index contributed by atoms with van der Waals surface area (Å²) in [5, 5.41) is 0. The van der Waals surface area contributed by atoms with E-state index in [4.69, 9.17) is 0 Å². The third kappa shape index (κ3) is 5.73. The Balaban J connectivity index is 1.80. The van der Waals surface area contributed by atoms with Crippen LogP contribution in [0.15, 0.2) is 79.0 Å². The van der Waals surface area contributed by atoms with Gasteiger partial charge in [-0.15, -0.1) is 0 Å². The van der Waals surface area contributed by atoms with Gasteiger partial charge in [-0.1, -0.05) is 74.0 Å². The van der Waals surface area contributed by atoms with E-state index in [9.17, 15) is 4.79 Å². The van der Waals surface area contributed by atoms with Gasteiger partial charge in [0, 0.05) is 30.6 Å². The van der Waals surface area contributed by atoms with Crippen LogP contribution in [0, 0.1) is 12.8 Å². The molecule has 2 aromatic carbocycles. The van der Waals surface area contributed by atoms with Crippen molar-refractivity contribution in [2.45, 2.75) is 46.8 Å². The molecule has 0 unspecified atom stereocenters. The van der Waals surface area contributed by atoms with Crippen molar-refractivity contribution in [2.24, 2.45) is 5.92 Å². The average molecular weight is 401 g/mol. The van der Waals surface area contributed by atoms with Crippen molar-refractivity contribution in [3.05, 3.63) is 101 Å². The first kappa shape index (κ1) is 21.6. The fourth-order valence-corrected chi connectivity index (χ4v) is 3.54. The molecule has 0 aliphatic carbocycles. The third-order valence-corrected chi connectivity index (χ3v) is 5.65. The lowest BCUT2D eigenvalue weighted by Crippen LogP contribution is -2.40. The third-order valence-electron chi connectivity index (χ3n) is 5.65. The minimum absolute atomic E-state index is 0.0448. The van der Waals surface area contributed by atoms with Crippen LogP contribution in [0.3, 0.4) is 0 Å². The largest absolute Gasteiger partial charge is 0.345 e. The first-order valence-electron chi connectivity index (χ1n) is 10.7. The molecule has 1 amide bonds. The molecule has 156 valence electrons. The van der Waals surface area contributed by atoms with E-state index >= 15 is 0 Å². The van der Waals surface area contributed by atoms with Crippen LogP contribution < -0.4 is 0 Å². The predicted molar refractivity (Wildman–Crippen MR) is 125 cm³/mol. The Hall–Kier alpha value is -3.07. The number of amides is 1. The maximum absolute atomic E-state index is 13.1. The fraction of sp³-hybridized carbons (Fsp3) is 0.296. The molecular weight excluding hydrogens is 368 g/mol. The van der Waals surface area contributed by atoms with Crippen molar-refractivity contribution in [1.29, 1.82) is 0 Å². The maximum Gasteiger partial charge on any atom is 0.247 e. The molecule has 0 saturated heterocycles. The zero-order chi connectivity index (χ0) is 21.5. The standard InChI is InChI=1S/C27H32N2O/c1-21(2)23(4)29(27(30)16-15-24-11-6-5-7-12-24)20-26-14-9-17-28(26)19-25-13-8-10-22(3)18-25/h5-18,21,23H,19-20H2,1-4H3/b16-15+/t23-/m1/s1. The molecule has 0 fully saturated rings. The molecule has 0 aliphatic rings. The summed E-state index contributed by atoms with van der Waals surface area (Å²) in [5.74, 6) is 0.419. The van der Waals surface area contributed by atoms with Crippen LogP contribution >= 0.6 is 0 Å². The number of benzene rings is 2. The Morgan fingerprint density at radius 3 is 2.47 bits per heavy atom. The van der Waals surface area contributed by atoms with Crippen molar-refractivity contribution in [1.82, 2.24) is 9.47 Å². The van der Waals surface area contributed by atoms with E-state index in [-0.39, 0.29) is 11.9 Å². The van der Waals surface area contributed by atoms with Gasteiger partial charge < -0.3 is 9.47 Å². The van der Waals surface area contributed by atoms with Crippen molar-refractivity contribution in [2.75, 3.05) is 0 Å². The van der Waals surface area contributed by atoms with Gasteiger partial charge in [0.05, 0.1) is 6.54 Å². The Bertz CT molecular complexity index is 985. The van der Waals surface area contributed by atoms with E-state index in [2.05, 4.69) is 74.9 Å². The molecule has 1 aromatic heterocycles. The first-order chi connectivity index (χ1) is 14.4. The van der Waals surface area contributed by atoms with E-state index < -0.39 is 0 Å². The minimum atomic E-state index is 0.0448. The van der Waals surface area contributed by atoms with Crippen molar-refractivity contribution in [3.63, 3.8) is 0 Å². The topological polar surface area (TPSA) is 25.2 Å². The highest BCUT2D eigenvalue weighted by molar-refractivity contribution is 5.92. The lowest BCUT2D eigenvalue weighted by atomic mass is 10.0. The van der Waals surface area contributed by atoms with Crippen LogP contribution in [0.25, 0.3) is 6.08 Å². The number of aryl methyl sites for hydroxylation is 1. The Morgan fingerprint density at radius 2 is 1.77 bits per heavy atom. The smallest absolute Gasteiger partial charge is 0.247 e. The van der Waals surface area contributed by atoms with Gasteiger partial charge in [-0.3, -0.25) is 4.79 Å². The summed E-state index contributed by atoms with van der Waals surface area (Å²) in [6, 6.07) is 22.9. The van der Waals surface area contributed by atoms with Gasteiger partial charge in [-0.2, -0.15) is 0 Å². The van der Waals surface area contributed by atoms with E-state index in [1.807, 2.05) is 41.3 Å².